The molecular formula is C9H7NO. The van der Waals surface area contributed by atoms with E-state index < -0.39 is 0 Å². The fourth-order valence-electron chi connectivity index (χ4n) is 0.747. The maximum Gasteiger partial charge on any atom is 0.240 e. The van der Waals surface area contributed by atoms with Crippen molar-refractivity contribution in [3.8, 4) is 0 Å². The van der Waals surface area contributed by atoms with Gasteiger partial charge < -0.3 is 0 Å². The third-order valence-electron chi connectivity index (χ3n) is 1.34. The van der Waals surface area contributed by atoms with Crippen LogP contribution in [0.3, 0.4) is 0 Å². The van der Waals surface area contributed by atoms with Gasteiger partial charge in [-0.25, -0.2) is 4.79 Å². The van der Waals surface area contributed by atoms with Crippen molar-refractivity contribution < 1.29 is 4.79 Å². The molecule has 0 amide bonds. The molecule has 11 heavy (non-hydrogen) atoms. The number of allylic oxidation sites excluding steroid dienone is 4. The van der Waals surface area contributed by atoms with Crippen molar-refractivity contribution in [3.63, 3.8) is 0 Å². The molecule has 2 heteroatoms. The summed E-state index contributed by atoms with van der Waals surface area (Å²) in [5.41, 5.74) is 4.45. The number of isocyanates is 1. The molecule has 0 heterocycles. The summed E-state index contributed by atoms with van der Waals surface area (Å²) in [7, 11) is 0. The number of aliphatic imine (C=N–C) groups is 1. The molecule has 1 aliphatic carbocycles. The van der Waals surface area contributed by atoms with Crippen molar-refractivity contribution in [1.29, 1.82) is 0 Å². The molecule has 1 rings (SSSR count). The molecule has 0 radical (unpaired) electrons. The Kier molecular flexibility index (Phi) is 2.40. The van der Waals surface area contributed by atoms with Crippen LogP contribution in [0.25, 0.3) is 0 Å². The zero-order valence-electron chi connectivity index (χ0n) is 6.16. The zero-order chi connectivity index (χ0) is 8.10. The summed E-state index contributed by atoms with van der Waals surface area (Å²) in [4.78, 5) is 13.4. The van der Waals surface area contributed by atoms with Crippen LogP contribution in [0, 0.1) is 0 Å². The largest absolute Gasteiger partial charge is 0.240 e. The van der Waals surface area contributed by atoms with E-state index in [1.807, 2.05) is 13.0 Å². The first-order chi connectivity index (χ1) is 5.34. The molecule has 54 valence electrons. The Morgan fingerprint density at radius 1 is 1.45 bits per heavy atom. The molecule has 0 N–H and O–H groups in total. The van der Waals surface area contributed by atoms with E-state index in [4.69, 9.17) is 0 Å². The lowest BCUT2D eigenvalue weighted by atomic mass is 10.2. The highest BCUT2D eigenvalue weighted by atomic mass is 16.1. The van der Waals surface area contributed by atoms with E-state index >= 15 is 0 Å². The maximum absolute atomic E-state index is 9.93. The van der Waals surface area contributed by atoms with Gasteiger partial charge in [0.25, 0.3) is 0 Å². The van der Waals surface area contributed by atoms with Gasteiger partial charge in [0.2, 0.25) is 6.08 Å². The van der Waals surface area contributed by atoms with Crippen molar-refractivity contribution in [1.82, 2.24) is 0 Å². The first-order valence-electron chi connectivity index (χ1n) is 3.22. The van der Waals surface area contributed by atoms with Gasteiger partial charge in [-0.15, -0.1) is 5.73 Å². The van der Waals surface area contributed by atoms with Gasteiger partial charge in [-0.2, -0.15) is 4.99 Å². The normalized spacial score (nSPS) is 14.6. The molecule has 0 bridgehead atoms. The number of hydrogen-bond donors (Lipinski definition) is 0. The summed E-state index contributed by atoms with van der Waals surface area (Å²) in [6.45, 7) is 1.88. The van der Waals surface area contributed by atoms with Crippen molar-refractivity contribution in [2.45, 2.75) is 6.92 Å². The van der Waals surface area contributed by atoms with E-state index in [2.05, 4.69) is 10.7 Å². The Labute approximate surface area is 65.0 Å². The van der Waals surface area contributed by atoms with Gasteiger partial charge in [-0.1, -0.05) is 0 Å². The van der Waals surface area contributed by atoms with Crippen LogP contribution in [0.5, 0.6) is 0 Å². The van der Waals surface area contributed by atoms with Gasteiger partial charge in [0.15, 0.2) is 0 Å². The molecule has 0 fully saturated rings. The minimum Gasteiger partial charge on any atom is -0.211 e. The maximum atomic E-state index is 9.93. The van der Waals surface area contributed by atoms with E-state index in [0.29, 0.717) is 5.70 Å². The predicted octanol–water partition coefficient (Wildman–Crippen LogP) is 1.88. The van der Waals surface area contributed by atoms with E-state index in [-0.39, 0.29) is 0 Å². The summed E-state index contributed by atoms with van der Waals surface area (Å²) in [6, 6.07) is 0. The van der Waals surface area contributed by atoms with Gasteiger partial charge >= 0.3 is 0 Å². The Morgan fingerprint density at radius 3 is 2.91 bits per heavy atom. The van der Waals surface area contributed by atoms with E-state index in [1.54, 1.807) is 18.2 Å². The smallest absolute Gasteiger partial charge is 0.211 e. The van der Waals surface area contributed by atoms with Crippen LogP contribution in [-0.2, 0) is 4.79 Å². The summed E-state index contributed by atoms with van der Waals surface area (Å²) in [6.07, 6.45) is 8.55. The molecular weight excluding hydrogens is 138 g/mol. The fourth-order valence-corrected chi connectivity index (χ4v) is 0.747. The standard InChI is InChI=1S/C9H7NO/c1-8-5-3-2-4-6-9(8)10-7-11/h3-6H,1H3. The topological polar surface area (TPSA) is 29.4 Å². The van der Waals surface area contributed by atoms with Crippen LogP contribution < -0.4 is 0 Å². The third kappa shape index (κ3) is 1.91. The third-order valence-corrected chi connectivity index (χ3v) is 1.34. The van der Waals surface area contributed by atoms with Gasteiger partial charge in [0.05, 0.1) is 5.70 Å². The first kappa shape index (κ1) is 7.49. The summed E-state index contributed by atoms with van der Waals surface area (Å²) >= 11 is 0. The van der Waals surface area contributed by atoms with Crippen LogP contribution in [0.4, 0.5) is 0 Å². The second-order valence-corrected chi connectivity index (χ2v) is 2.10. The molecule has 0 aliphatic heterocycles. The lowest BCUT2D eigenvalue weighted by Gasteiger charge is -1.93. The molecule has 0 spiro atoms. The molecule has 0 aromatic carbocycles. The molecule has 2 nitrogen and oxygen atoms in total. The van der Waals surface area contributed by atoms with E-state index in [0.717, 1.165) is 5.57 Å². The lowest BCUT2D eigenvalue weighted by molar-refractivity contribution is 0.564. The summed E-state index contributed by atoms with van der Waals surface area (Å²) in [5, 5.41) is 0. The van der Waals surface area contributed by atoms with Crippen molar-refractivity contribution in [2.75, 3.05) is 0 Å². The number of nitrogens with zero attached hydrogens (tertiary/aromatic N) is 1. The zero-order valence-corrected chi connectivity index (χ0v) is 6.16. The van der Waals surface area contributed by atoms with Gasteiger partial charge in [0, 0.05) is 0 Å². The summed E-state index contributed by atoms with van der Waals surface area (Å²) < 4.78 is 0. The highest BCUT2D eigenvalue weighted by molar-refractivity contribution is 5.45. The van der Waals surface area contributed by atoms with Crippen LogP contribution in [0.1, 0.15) is 6.92 Å². The minimum absolute atomic E-state index is 0.640. The quantitative estimate of drug-likeness (QED) is 0.314. The van der Waals surface area contributed by atoms with Crippen molar-refractivity contribution in [3.05, 3.63) is 41.3 Å². The molecule has 0 aromatic heterocycles. The van der Waals surface area contributed by atoms with Crippen molar-refractivity contribution in [2.24, 2.45) is 4.99 Å². The monoisotopic (exact) mass is 145 g/mol. The van der Waals surface area contributed by atoms with E-state index in [1.165, 1.54) is 6.08 Å². The van der Waals surface area contributed by atoms with E-state index in [9.17, 15) is 4.79 Å². The molecule has 1 aliphatic rings. The molecule has 0 saturated heterocycles. The first-order valence-corrected chi connectivity index (χ1v) is 3.22. The Bertz CT molecular complexity index is 321. The molecule has 0 unspecified atom stereocenters. The predicted molar refractivity (Wildman–Crippen MR) is 42.6 cm³/mol. The van der Waals surface area contributed by atoms with Crippen LogP contribution in [-0.4, -0.2) is 6.08 Å². The highest BCUT2D eigenvalue weighted by Gasteiger charge is 1.95. The number of carbonyl (C=O) groups excluding carboxylic acids is 1. The van der Waals surface area contributed by atoms with Crippen LogP contribution in [0.15, 0.2) is 46.3 Å². The number of hydrogen-bond acceptors (Lipinski definition) is 2. The van der Waals surface area contributed by atoms with Gasteiger partial charge in [-0.3, -0.25) is 0 Å². The number of rotatable bonds is 1. The van der Waals surface area contributed by atoms with Crippen LogP contribution in [0.2, 0.25) is 0 Å². The second kappa shape index (κ2) is 3.52. The second-order valence-electron chi connectivity index (χ2n) is 2.10. The molecule has 0 aromatic rings. The fraction of sp³-hybridized carbons (Fsp3) is 0.111. The highest BCUT2D eigenvalue weighted by Crippen LogP contribution is 2.11. The SMILES string of the molecule is CC1=CC=C=CC=C1N=C=O. The van der Waals surface area contributed by atoms with Crippen molar-refractivity contribution >= 4 is 6.08 Å². The Balaban J connectivity index is 3.06. The van der Waals surface area contributed by atoms with Gasteiger partial charge in [0.1, 0.15) is 0 Å². The lowest BCUT2D eigenvalue weighted by Crippen LogP contribution is -1.78. The molecule has 0 atom stereocenters. The average Bonchev–Trinajstić information content (AvgIpc) is 2.18. The van der Waals surface area contributed by atoms with Gasteiger partial charge in [-0.05, 0) is 36.8 Å². The Hall–Kier alpha value is -1.62. The Morgan fingerprint density at radius 2 is 2.18 bits per heavy atom. The molecule has 0 saturated carbocycles. The van der Waals surface area contributed by atoms with Crippen LogP contribution >= 0.6 is 0 Å². The summed E-state index contributed by atoms with van der Waals surface area (Å²) in [5.74, 6) is 0. The minimum atomic E-state index is 0.640. The average molecular weight is 145 g/mol.